The standard InChI is InChI=1S/C35H64O5/c1-3-5-7-9-11-13-15-16-17-18-20-21-23-25-27-29-34(37)39-32-33(31-36)40-35(38)30-28-26-24-22-19-14-12-10-8-6-4-2/h10,12-13,15,33,36H,3-9,11,14,16-32H2,1-2H3/b12-10+,15-13+/t33-/m0/s1. The number of ether oxygens (including phenoxy) is 2. The van der Waals surface area contributed by atoms with Crippen molar-refractivity contribution >= 4 is 11.9 Å². The summed E-state index contributed by atoms with van der Waals surface area (Å²) in [6, 6.07) is 0. The molecule has 40 heavy (non-hydrogen) atoms. The summed E-state index contributed by atoms with van der Waals surface area (Å²) in [6.07, 6.45) is 35.1. The fourth-order valence-electron chi connectivity index (χ4n) is 4.59. The number of hydrogen-bond donors (Lipinski definition) is 1. The predicted octanol–water partition coefficient (Wildman–Crippen LogP) is 9.95. The molecule has 0 aliphatic heterocycles. The molecule has 0 fully saturated rings. The monoisotopic (exact) mass is 564 g/mol. The van der Waals surface area contributed by atoms with E-state index in [-0.39, 0.29) is 25.2 Å². The molecule has 5 heteroatoms. The second kappa shape index (κ2) is 31.9. The maximum absolute atomic E-state index is 12.1. The summed E-state index contributed by atoms with van der Waals surface area (Å²) in [4.78, 5) is 24.1. The Morgan fingerprint density at radius 2 is 0.950 bits per heavy atom. The molecule has 0 saturated carbocycles. The molecule has 0 aliphatic carbocycles. The van der Waals surface area contributed by atoms with Crippen molar-refractivity contribution in [3.63, 3.8) is 0 Å². The van der Waals surface area contributed by atoms with E-state index in [0.29, 0.717) is 12.8 Å². The molecule has 0 aromatic carbocycles. The lowest BCUT2D eigenvalue weighted by molar-refractivity contribution is -0.161. The van der Waals surface area contributed by atoms with Crippen LogP contribution in [0.15, 0.2) is 24.3 Å². The molecule has 0 rings (SSSR count). The zero-order valence-corrected chi connectivity index (χ0v) is 26.4. The van der Waals surface area contributed by atoms with Gasteiger partial charge in [0.15, 0.2) is 6.10 Å². The van der Waals surface area contributed by atoms with Gasteiger partial charge in [-0.25, -0.2) is 0 Å². The number of rotatable bonds is 30. The third kappa shape index (κ3) is 29.4. The highest BCUT2D eigenvalue weighted by Gasteiger charge is 2.16. The summed E-state index contributed by atoms with van der Waals surface area (Å²) >= 11 is 0. The van der Waals surface area contributed by atoms with Crippen molar-refractivity contribution in [1.82, 2.24) is 0 Å². The van der Waals surface area contributed by atoms with E-state index < -0.39 is 6.10 Å². The van der Waals surface area contributed by atoms with Crippen LogP contribution >= 0.6 is 0 Å². The summed E-state index contributed by atoms with van der Waals surface area (Å²) in [5.74, 6) is -0.608. The Balaban J connectivity index is 3.58. The van der Waals surface area contributed by atoms with E-state index in [9.17, 15) is 14.7 Å². The van der Waals surface area contributed by atoms with E-state index in [0.717, 1.165) is 44.9 Å². The van der Waals surface area contributed by atoms with Crippen LogP contribution in [0.1, 0.15) is 168 Å². The molecule has 0 heterocycles. The lowest BCUT2D eigenvalue weighted by Gasteiger charge is -2.15. The molecule has 0 unspecified atom stereocenters. The molecule has 0 aromatic rings. The van der Waals surface area contributed by atoms with E-state index in [1.54, 1.807) is 0 Å². The van der Waals surface area contributed by atoms with E-state index in [4.69, 9.17) is 9.47 Å². The van der Waals surface area contributed by atoms with E-state index in [1.165, 1.54) is 96.3 Å². The zero-order chi connectivity index (χ0) is 29.4. The van der Waals surface area contributed by atoms with Crippen molar-refractivity contribution in [3.05, 3.63) is 24.3 Å². The fraction of sp³-hybridized carbons (Fsp3) is 0.829. The number of carbonyl (C=O) groups is 2. The molecule has 0 spiro atoms. The first-order valence-electron chi connectivity index (χ1n) is 16.9. The SMILES string of the molecule is CCCC/C=C/CCCCCCCC(=O)O[C@@H](CO)COC(=O)CCCCCCCCC/C=C/CCCCCC. The number of allylic oxidation sites excluding steroid dienone is 4. The minimum atomic E-state index is -0.771. The first kappa shape index (κ1) is 38.4. The van der Waals surface area contributed by atoms with E-state index in [1.807, 2.05) is 0 Å². The topological polar surface area (TPSA) is 72.8 Å². The number of carbonyl (C=O) groups excluding carboxylic acids is 2. The minimum absolute atomic E-state index is 0.0694. The van der Waals surface area contributed by atoms with Crippen LogP contribution in [-0.4, -0.2) is 36.4 Å². The normalized spacial score (nSPS) is 12.4. The minimum Gasteiger partial charge on any atom is -0.462 e. The Morgan fingerprint density at radius 1 is 0.550 bits per heavy atom. The lowest BCUT2D eigenvalue weighted by Crippen LogP contribution is -2.28. The predicted molar refractivity (Wildman–Crippen MR) is 168 cm³/mol. The lowest BCUT2D eigenvalue weighted by atomic mass is 10.1. The molecule has 5 nitrogen and oxygen atoms in total. The average molecular weight is 565 g/mol. The molecule has 0 saturated heterocycles. The zero-order valence-electron chi connectivity index (χ0n) is 26.4. The summed E-state index contributed by atoms with van der Waals surface area (Å²) in [6.45, 7) is 4.06. The van der Waals surface area contributed by atoms with Crippen molar-refractivity contribution < 1.29 is 24.2 Å². The van der Waals surface area contributed by atoms with Crippen molar-refractivity contribution in [2.75, 3.05) is 13.2 Å². The molecule has 0 amide bonds. The number of esters is 2. The highest BCUT2D eigenvalue weighted by molar-refractivity contribution is 5.70. The molecular weight excluding hydrogens is 500 g/mol. The Bertz CT molecular complexity index is 613. The molecular formula is C35H64O5. The smallest absolute Gasteiger partial charge is 0.306 e. The maximum atomic E-state index is 12.1. The highest BCUT2D eigenvalue weighted by atomic mass is 16.6. The van der Waals surface area contributed by atoms with Crippen LogP contribution in [0.3, 0.4) is 0 Å². The van der Waals surface area contributed by atoms with Crippen molar-refractivity contribution in [2.45, 2.75) is 174 Å². The van der Waals surface area contributed by atoms with Crippen LogP contribution in [0, 0.1) is 0 Å². The van der Waals surface area contributed by atoms with Crippen molar-refractivity contribution in [2.24, 2.45) is 0 Å². The molecule has 0 bridgehead atoms. The van der Waals surface area contributed by atoms with Gasteiger partial charge in [-0.1, -0.05) is 122 Å². The Kier molecular flexibility index (Phi) is 30.6. The third-order valence-electron chi connectivity index (χ3n) is 7.22. The van der Waals surface area contributed by atoms with Gasteiger partial charge in [-0.15, -0.1) is 0 Å². The largest absolute Gasteiger partial charge is 0.462 e. The van der Waals surface area contributed by atoms with E-state index >= 15 is 0 Å². The second-order valence-corrected chi connectivity index (χ2v) is 11.2. The number of hydrogen-bond acceptors (Lipinski definition) is 5. The summed E-state index contributed by atoms with van der Waals surface area (Å²) in [5.41, 5.74) is 0. The molecule has 0 aromatic heterocycles. The third-order valence-corrected chi connectivity index (χ3v) is 7.22. The van der Waals surface area contributed by atoms with Gasteiger partial charge in [-0.2, -0.15) is 0 Å². The van der Waals surface area contributed by atoms with Crippen LogP contribution < -0.4 is 0 Å². The van der Waals surface area contributed by atoms with Crippen molar-refractivity contribution in [1.29, 1.82) is 0 Å². The molecule has 1 atom stereocenters. The van der Waals surface area contributed by atoms with Crippen LogP contribution in [-0.2, 0) is 19.1 Å². The first-order chi connectivity index (χ1) is 19.6. The van der Waals surface area contributed by atoms with E-state index in [2.05, 4.69) is 38.2 Å². The summed E-state index contributed by atoms with van der Waals surface area (Å²) in [7, 11) is 0. The molecule has 0 aliphatic rings. The average Bonchev–Trinajstić information content (AvgIpc) is 2.96. The first-order valence-corrected chi connectivity index (χ1v) is 16.9. The van der Waals surface area contributed by atoms with Gasteiger partial charge >= 0.3 is 11.9 Å². The van der Waals surface area contributed by atoms with Gasteiger partial charge in [0.2, 0.25) is 0 Å². The van der Waals surface area contributed by atoms with Crippen LogP contribution in [0.25, 0.3) is 0 Å². The van der Waals surface area contributed by atoms with Gasteiger partial charge in [0, 0.05) is 12.8 Å². The van der Waals surface area contributed by atoms with Gasteiger partial charge in [-0.3, -0.25) is 9.59 Å². The Hall–Kier alpha value is -1.62. The van der Waals surface area contributed by atoms with Gasteiger partial charge in [0.25, 0.3) is 0 Å². The highest BCUT2D eigenvalue weighted by Crippen LogP contribution is 2.12. The van der Waals surface area contributed by atoms with Gasteiger partial charge in [0.05, 0.1) is 6.61 Å². The van der Waals surface area contributed by atoms with Crippen LogP contribution in [0.5, 0.6) is 0 Å². The number of aliphatic hydroxyl groups is 1. The van der Waals surface area contributed by atoms with Gasteiger partial charge in [0.1, 0.15) is 6.61 Å². The fourth-order valence-corrected chi connectivity index (χ4v) is 4.59. The number of aliphatic hydroxyl groups excluding tert-OH is 1. The number of unbranched alkanes of at least 4 members (excludes halogenated alkanes) is 18. The quantitative estimate of drug-likeness (QED) is 0.0534. The van der Waals surface area contributed by atoms with Crippen LogP contribution in [0.4, 0.5) is 0 Å². The molecule has 1 N–H and O–H groups in total. The Labute approximate surface area is 247 Å². The van der Waals surface area contributed by atoms with Crippen molar-refractivity contribution in [3.8, 4) is 0 Å². The Morgan fingerprint density at radius 3 is 1.43 bits per heavy atom. The molecule has 0 radical (unpaired) electrons. The summed E-state index contributed by atoms with van der Waals surface area (Å²) in [5, 5.41) is 9.49. The van der Waals surface area contributed by atoms with Gasteiger partial charge < -0.3 is 14.6 Å². The molecule has 234 valence electrons. The van der Waals surface area contributed by atoms with Gasteiger partial charge in [-0.05, 0) is 57.8 Å². The second-order valence-electron chi connectivity index (χ2n) is 11.2. The van der Waals surface area contributed by atoms with Crippen LogP contribution in [0.2, 0.25) is 0 Å². The maximum Gasteiger partial charge on any atom is 0.306 e. The summed E-state index contributed by atoms with van der Waals surface area (Å²) < 4.78 is 10.5.